The Labute approximate surface area is 103 Å². The standard InChI is InChI=1S/C8H4N2.2C2H6.2CH4/c1-10-8-4-2-7(6-9)3-5-8;2*1-2;;/h2-5H;2*1-2H3;2*1H4/i4D;;;;. The molecule has 0 amide bonds. The number of nitriles is 1. The summed E-state index contributed by atoms with van der Waals surface area (Å²) in [6.07, 6.45) is 0. The van der Waals surface area contributed by atoms with Crippen LogP contribution in [-0.4, -0.2) is 0 Å². The molecule has 0 saturated heterocycles. The van der Waals surface area contributed by atoms with E-state index in [0.717, 1.165) is 0 Å². The third-order valence-electron chi connectivity index (χ3n) is 1.05. The largest absolute Gasteiger partial charge is 0.238 e. The Bertz CT molecular complexity index is 359. The van der Waals surface area contributed by atoms with Gasteiger partial charge in [-0.25, -0.2) is 4.85 Å². The summed E-state index contributed by atoms with van der Waals surface area (Å²) in [6, 6.07) is 6.40. The van der Waals surface area contributed by atoms with Crippen molar-refractivity contribution in [2.24, 2.45) is 0 Å². The van der Waals surface area contributed by atoms with Gasteiger partial charge in [0.2, 0.25) is 0 Å². The summed E-state index contributed by atoms with van der Waals surface area (Å²) in [5.41, 5.74) is 0.700. The summed E-state index contributed by atoms with van der Waals surface area (Å²) in [6.45, 7) is 14.6. The normalized spacial score (nSPS) is 6.50. The molecule has 1 rings (SSSR count). The molecule has 0 aliphatic carbocycles. The zero-order valence-corrected chi connectivity index (χ0v) is 9.13. The average molecular weight is 221 g/mol. The second-order valence-electron chi connectivity index (χ2n) is 1.69. The molecule has 0 saturated carbocycles. The SMILES string of the molecule is C.C.CC.CC.[2H]c1cc(C#N)ccc1[N+]#[C-]. The number of rotatable bonds is 0. The molecule has 0 radical (unpaired) electrons. The van der Waals surface area contributed by atoms with E-state index in [9.17, 15) is 0 Å². The number of hydrogen-bond acceptors (Lipinski definition) is 1. The molecule has 90 valence electrons. The van der Waals surface area contributed by atoms with E-state index >= 15 is 0 Å². The topological polar surface area (TPSA) is 28.1 Å². The van der Waals surface area contributed by atoms with Crippen LogP contribution in [0.1, 0.15) is 49.5 Å². The first kappa shape index (κ1) is 19.7. The van der Waals surface area contributed by atoms with Crippen LogP contribution in [0.4, 0.5) is 5.69 Å². The molecular formula is C14H24N2. The Hall–Kier alpha value is -1.80. The molecule has 1 aromatic carbocycles. The van der Waals surface area contributed by atoms with Gasteiger partial charge in [0.05, 0.1) is 12.6 Å². The molecule has 0 aliphatic rings. The monoisotopic (exact) mass is 221 g/mol. The molecule has 16 heavy (non-hydrogen) atoms. The molecule has 0 aromatic heterocycles. The lowest BCUT2D eigenvalue weighted by molar-refractivity contribution is 1.49. The van der Waals surface area contributed by atoms with Crippen molar-refractivity contribution in [1.29, 1.82) is 5.26 Å². The lowest BCUT2D eigenvalue weighted by atomic mass is 10.2. The second-order valence-corrected chi connectivity index (χ2v) is 1.69. The summed E-state index contributed by atoms with van der Waals surface area (Å²) in [7, 11) is 0. The first-order chi connectivity index (χ1) is 7.27. The Balaban J connectivity index is -0.000000128. The van der Waals surface area contributed by atoms with E-state index in [1.165, 1.54) is 18.2 Å². The second kappa shape index (κ2) is 18.9. The zero-order valence-electron chi connectivity index (χ0n) is 10.1. The maximum atomic E-state index is 8.41. The van der Waals surface area contributed by atoms with Crippen molar-refractivity contribution in [3.05, 3.63) is 41.2 Å². The molecule has 0 aliphatic heterocycles. The maximum Gasteiger partial charge on any atom is 0.187 e. The predicted molar refractivity (Wildman–Crippen MR) is 73.6 cm³/mol. The van der Waals surface area contributed by atoms with Gasteiger partial charge in [-0.2, -0.15) is 5.26 Å². The van der Waals surface area contributed by atoms with Crippen molar-refractivity contribution in [3.63, 3.8) is 0 Å². The van der Waals surface area contributed by atoms with E-state index in [-0.39, 0.29) is 26.6 Å². The highest BCUT2D eigenvalue weighted by molar-refractivity contribution is 5.47. The quantitative estimate of drug-likeness (QED) is 0.536. The van der Waals surface area contributed by atoms with Crippen molar-refractivity contribution < 1.29 is 1.37 Å². The highest BCUT2D eigenvalue weighted by Gasteiger charge is 1.88. The molecule has 0 atom stereocenters. The van der Waals surface area contributed by atoms with E-state index in [1.807, 2.05) is 33.8 Å². The summed E-state index contributed by atoms with van der Waals surface area (Å²) < 4.78 is 7.25. The minimum atomic E-state index is 0. The molecule has 0 spiro atoms. The summed E-state index contributed by atoms with van der Waals surface area (Å²) in [5.74, 6) is 0. The molecule has 0 unspecified atom stereocenters. The zero-order chi connectivity index (χ0) is 12.3. The number of benzene rings is 1. The fourth-order valence-electron chi connectivity index (χ4n) is 0.556. The van der Waals surface area contributed by atoms with Gasteiger partial charge < -0.3 is 0 Å². The number of hydrogen-bond donors (Lipinski definition) is 0. The van der Waals surface area contributed by atoms with E-state index in [1.54, 1.807) is 0 Å². The highest BCUT2D eigenvalue weighted by Crippen LogP contribution is 2.11. The Morgan fingerprint density at radius 2 is 1.69 bits per heavy atom. The predicted octanol–water partition coefficient (Wildman–Crippen LogP) is 5.43. The van der Waals surface area contributed by atoms with E-state index < -0.39 is 0 Å². The molecule has 0 N–H and O–H groups in total. The molecule has 0 fully saturated rings. The van der Waals surface area contributed by atoms with Crippen LogP contribution < -0.4 is 0 Å². The third-order valence-corrected chi connectivity index (χ3v) is 1.05. The van der Waals surface area contributed by atoms with Gasteiger partial charge >= 0.3 is 0 Å². The smallest absolute Gasteiger partial charge is 0.187 e. The van der Waals surface area contributed by atoms with Gasteiger partial charge in [0, 0.05) is 6.93 Å². The molecule has 0 heterocycles. The molecular weight excluding hydrogens is 196 g/mol. The first-order valence-corrected chi connectivity index (χ1v) is 4.66. The maximum absolute atomic E-state index is 8.41. The van der Waals surface area contributed by atoms with Crippen LogP contribution in [0.5, 0.6) is 0 Å². The van der Waals surface area contributed by atoms with Gasteiger partial charge in [-0.15, -0.1) is 0 Å². The van der Waals surface area contributed by atoms with Crippen molar-refractivity contribution >= 4 is 5.69 Å². The summed E-state index contributed by atoms with van der Waals surface area (Å²) in [5, 5.41) is 8.41. The van der Waals surface area contributed by atoms with Gasteiger partial charge in [-0.05, 0) is 0 Å². The van der Waals surface area contributed by atoms with Crippen LogP contribution in [0.15, 0.2) is 24.2 Å². The van der Waals surface area contributed by atoms with Crippen molar-refractivity contribution in [2.45, 2.75) is 42.5 Å². The Morgan fingerprint density at radius 3 is 2.00 bits per heavy atom. The lowest BCUT2D eigenvalue weighted by Crippen LogP contribution is -1.68. The average Bonchev–Trinajstić information content (AvgIpc) is 2.34. The van der Waals surface area contributed by atoms with Crippen molar-refractivity contribution in [1.82, 2.24) is 0 Å². The minimum absolute atomic E-state index is 0. The van der Waals surface area contributed by atoms with Crippen LogP contribution in [-0.2, 0) is 0 Å². The van der Waals surface area contributed by atoms with Gasteiger partial charge in [-0.3, -0.25) is 0 Å². The van der Waals surface area contributed by atoms with Gasteiger partial charge in [0.15, 0.2) is 5.69 Å². The van der Waals surface area contributed by atoms with E-state index in [2.05, 4.69) is 4.85 Å². The molecule has 1 aromatic rings. The number of nitrogens with zero attached hydrogens (tertiary/aromatic N) is 2. The Kier molecular flexibility index (Phi) is 23.3. The summed E-state index contributed by atoms with van der Waals surface area (Å²) in [4.78, 5) is 3.10. The fraction of sp³-hybridized carbons (Fsp3) is 0.429. The molecule has 0 bridgehead atoms. The Morgan fingerprint density at radius 1 is 1.19 bits per heavy atom. The third kappa shape index (κ3) is 10.3. The van der Waals surface area contributed by atoms with Crippen LogP contribution in [0.2, 0.25) is 0 Å². The highest BCUT2D eigenvalue weighted by atomic mass is 14.6. The van der Waals surface area contributed by atoms with Crippen LogP contribution in [0, 0.1) is 17.9 Å². The van der Waals surface area contributed by atoms with E-state index in [0.29, 0.717) is 5.56 Å². The minimum Gasteiger partial charge on any atom is -0.238 e. The first-order valence-electron chi connectivity index (χ1n) is 5.16. The molecule has 2 nitrogen and oxygen atoms in total. The summed E-state index contributed by atoms with van der Waals surface area (Å²) >= 11 is 0. The molecule has 2 heteroatoms. The van der Waals surface area contributed by atoms with Gasteiger partial charge in [-0.1, -0.05) is 66.8 Å². The van der Waals surface area contributed by atoms with Gasteiger partial charge in [0.25, 0.3) is 0 Å². The van der Waals surface area contributed by atoms with Crippen molar-refractivity contribution in [2.75, 3.05) is 0 Å². The van der Waals surface area contributed by atoms with Crippen LogP contribution >= 0.6 is 0 Å². The van der Waals surface area contributed by atoms with Crippen LogP contribution in [0.3, 0.4) is 0 Å². The fourth-order valence-corrected chi connectivity index (χ4v) is 0.556. The van der Waals surface area contributed by atoms with Crippen molar-refractivity contribution in [3.8, 4) is 6.07 Å². The lowest BCUT2D eigenvalue weighted by Gasteiger charge is -1.86. The van der Waals surface area contributed by atoms with E-state index in [4.69, 9.17) is 13.2 Å². The van der Waals surface area contributed by atoms with Crippen LogP contribution in [0.25, 0.3) is 4.85 Å². The van der Waals surface area contributed by atoms with Gasteiger partial charge in [0.1, 0.15) is 0 Å².